The van der Waals surface area contributed by atoms with Crippen LogP contribution in [0.1, 0.15) is 61.0 Å². The molecule has 1 saturated heterocycles. The molecule has 0 aromatic carbocycles. The highest BCUT2D eigenvalue weighted by atomic mass is 16.2. The number of hydrogen-bond acceptors (Lipinski definition) is 3. The summed E-state index contributed by atoms with van der Waals surface area (Å²) in [5.74, 6) is 3.56. The van der Waals surface area contributed by atoms with E-state index in [9.17, 15) is 9.59 Å². The molecule has 1 atom stereocenters. The first kappa shape index (κ1) is 16.8. The van der Waals surface area contributed by atoms with Gasteiger partial charge in [0, 0.05) is 30.7 Å². The Morgan fingerprint density at radius 1 is 1.19 bits per heavy atom. The van der Waals surface area contributed by atoms with Gasteiger partial charge in [0.05, 0.1) is 5.56 Å². The van der Waals surface area contributed by atoms with Gasteiger partial charge in [0.2, 0.25) is 5.91 Å². The van der Waals surface area contributed by atoms with Gasteiger partial charge in [-0.1, -0.05) is 5.92 Å². The summed E-state index contributed by atoms with van der Waals surface area (Å²) >= 11 is 0. The van der Waals surface area contributed by atoms with Crippen LogP contribution in [0.15, 0.2) is 18.3 Å². The van der Waals surface area contributed by atoms with Crippen molar-refractivity contribution < 1.29 is 9.59 Å². The maximum Gasteiger partial charge on any atom is 0.255 e. The zero-order chi connectivity index (χ0) is 18.6. The summed E-state index contributed by atoms with van der Waals surface area (Å²) in [7, 11) is 0. The zero-order valence-electron chi connectivity index (χ0n) is 15.5. The fourth-order valence-corrected chi connectivity index (χ4v) is 4.96. The Balaban J connectivity index is 1.17. The quantitative estimate of drug-likeness (QED) is 0.836. The van der Waals surface area contributed by atoms with Gasteiger partial charge in [-0.2, -0.15) is 0 Å². The summed E-state index contributed by atoms with van der Waals surface area (Å²) in [5.41, 5.74) is 1.56. The number of terminal acetylenes is 1. The Hall–Kier alpha value is -2.35. The fraction of sp³-hybridized carbons (Fsp3) is 0.591. The number of carbonyl (C=O) groups excluding carboxylic acids is 2. The Kier molecular flexibility index (Phi) is 3.62. The van der Waals surface area contributed by atoms with E-state index >= 15 is 0 Å². The van der Waals surface area contributed by atoms with E-state index in [2.05, 4.69) is 16.2 Å². The lowest BCUT2D eigenvalue weighted by molar-refractivity contribution is -0.124. The van der Waals surface area contributed by atoms with Crippen molar-refractivity contribution >= 4 is 11.8 Å². The van der Waals surface area contributed by atoms with Crippen LogP contribution in [-0.4, -0.2) is 40.3 Å². The van der Waals surface area contributed by atoms with Crippen LogP contribution < -0.4 is 5.32 Å². The van der Waals surface area contributed by atoms with Gasteiger partial charge in [0.1, 0.15) is 5.69 Å². The second-order valence-corrected chi connectivity index (χ2v) is 8.91. The van der Waals surface area contributed by atoms with Crippen molar-refractivity contribution in [3.63, 3.8) is 0 Å². The van der Waals surface area contributed by atoms with Crippen LogP contribution in [0.2, 0.25) is 0 Å². The molecule has 1 aromatic rings. The zero-order valence-corrected chi connectivity index (χ0v) is 15.5. The molecule has 1 spiro atoms. The molecule has 2 heterocycles. The number of aromatic nitrogens is 1. The molecule has 5 nitrogen and oxygen atoms in total. The van der Waals surface area contributed by atoms with Crippen LogP contribution in [0.3, 0.4) is 0 Å². The van der Waals surface area contributed by atoms with Gasteiger partial charge in [-0.25, -0.2) is 4.98 Å². The van der Waals surface area contributed by atoms with E-state index in [1.54, 1.807) is 18.3 Å². The van der Waals surface area contributed by atoms with Crippen LogP contribution in [0.5, 0.6) is 0 Å². The third-order valence-corrected chi connectivity index (χ3v) is 7.28. The summed E-state index contributed by atoms with van der Waals surface area (Å²) in [6.07, 6.45) is 14.6. The van der Waals surface area contributed by atoms with E-state index in [-0.39, 0.29) is 17.4 Å². The second-order valence-electron chi connectivity index (χ2n) is 8.91. The third kappa shape index (κ3) is 2.92. The smallest absolute Gasteiger partial charge is 0.255 e. The molecule has 2 amide bonds. The van der Waals surface area contributed by atoms with Crippen LogP contribution in [0.25, 0.3) is 0 Å². The molecule has 1 aromatic heterocycles. The van der Waals surface area contributed by atoms with E-state index < -0.39 is 0 Å². The highest BCUT2D eigenvalue weighted by Crippen LogP contribution is 2.70. The highest BCUT2D eigenvalue weighted by Gasteiger charge is 2.67. The average molecular weight is 363 g/mol. The molecule has 1 unspecified atom stereocenters. The van der Waals surface area contributed by atoms with Crippen LogP contribution >= 0.6 is 0 Å². The summed E-state index contributed by atoms with van der Waals surface area (Å²) in [4.78, 5) is 31.3. The minimum absolute atomic E-state index is 0.0148. The number of likely N-dealkylation sites (tertiary alicyclic amines) is 1. The number of nitrogens with zero attached hydrogens (tertiary/aromatic N) is 2. The Labute approximate surface area is 159 Å². The van der Waals surface area contributed by atoms with E-state index in [4.69, 9.17) is 6.42 Å². The van der Waals surface area contributed by atoms with E-state index in [1.807, 2.05) is 4.90 Å². The normalized spacial score (nSPS) is 26.9. The molecule has 1 N–H and O–H groups in total. The Morgan fingerprint density at radius 2 is 1.93 bits per heavy atom. The lowest BCUT2D eigenvalue weighted by atomic mass is 9.86. The molecular formula is C22H25N3O2. The molecule has 140 valence electrons. The van der Waals surface area contributed by atoms with Gasteiger partial charge < -0.3 is 10.2 Å². The summed E-state index contributed by atoms with van der Waals surface area (Å²) in [5, 5.41) is 3.41. The Bertz CT molecular complexity index is 822. The molecule has 0 radical (unpaired) electrons. The van der Waals surface area contributed by atoms with Gasteiger partial charge >= 0.3 is 0 Å². The lowest BCUT2D eigenvalue weighted by Gasteiger charge is -2.37. The number of rotatable bonds is 4. The van der Waals surface area contributed by atoms with Gasteiger partial charge in [0.25, 0.3) is 5.91 Å². The topological polar surface area (TPSA) is 62.3 Å². The Morgan fingerprint density at radius 3 is 2.44 bits per heavy atom. The first-order chi connectivity index (χ1) is 13.1. The summed E-state index contributed by atoms with van der Waals surface area (Å²) in [6.45, 7) is 1.48. The van der Waals surface area contributed by atoms with Gasteiger partial charge in [-0.3, -0.25) is 9.59 Å². The summed E-state index contributed by atoms with van der Waals surface area (Å²) < 4.78 is 0. The van der Waals surface area contributed by atoms with Crippen molar-refractivity contribution in [1.82, 2.24) is 15.2 Å². The average Bonchev–Trinajstić information content (AvgIpc) is 3.61. The number of hydrogen-bond donors (Lipinski definition) is 1. The first-order valence-corrected chi connectivity index (χ1v) is 10.1. The van der Waals surface area contributed by atoms with E-state index in [0.717, 1.165) is 45.2 Å². The maximum atomic E-state index is 12.7. The molecule has 1 aliphatic heterocycles. The molecule has 3 aliphatic carbocycles. The molecule has 5 heteroatoms. The van der Waals surface area contributed by atoms with E-state index in [1.165, 1.54) is 12.8 Å². The lowest BCUT2D eigenvalue weighted by Crippen LogP contribution is -2.49. The van der Waals surface area contributed by atoms with Crippen molar-refractivity contribution in [2.24, 2.45) is 17.3 Å². The maximum absolute atomic E-state index is 12.7. The van der Waals surface area contributed by atoms with Crippen molar-refractivity contribution in [3.8, 4) is 12.3 Å². The number of pyridine rings is 1. The largest absolute Gasteiger partial charge is 0.350 e. The standard InChI is InChI=1S/C22H25N3O2/c1-2-17-4-3-15(14-23-17)20(27)25-11-5-16(6-12-25)22(9-10-22)24-19(26)18-13-21(18)7-8-21/h1,3-4,14,16,18H,5-13H2,(H,24,26). The first-order valence-electron chi connectivity index (χ1n) is 10.1. The third-order valence-electron chi connectivity index (χ3n) is 7.28. The molecule has 0 bridgehead atoms. The minimum atomic E-state index is 0.0148. The van der Waals surface area contributed by atoms with E-state index in [0.29, 0.717) is 28.5 Å². The SMILES string of the molecule is C#Cc1ccc(C(=O)N2CCC(C3(NC(=O)C4CC45CC5)CC3)CC2)cn1. The predicted molar refractivity (Wildman–Crippen MR) is 101 cm³/mol. The van der Waals surface area contributed by atoms with Crippen molar-refractivity contribution in [3.05, 3.63) is 29.6 Å². The minimum Gasteiger partial charge on any atom is -0.350 e. The monoisotopic (exact) mass is 363 g/mol. The number of amides is 2. The number of carbonyl (C=O) groups is 2. The molecule has 4 fully saturated rings. The summed E-state index contributed by atoms with van der Waals surface area (Å²) in [6, 6.07) is 3.46. The molecule has 5 rings (SSSR count). The van der Waals surface area contributed by atoms with Crippen LogP contribution in [-0.2, 0) is 4.79 Å². The van der Waals surface area contributed by atoms with Crippen LogP contribution in [0, 0.1) is 29.6 Å². The molecule has 27 heavy (non-hydrogen) atoms. The fourth-order valence-electron chi connectivity index (χ4n) is 4.96. The molecule has 3 saturated carbocycles. The van der Waals surface area contributed by atoms with Crippen LogP contribution in [0.4, 0.5) is 0 Å². The number of nitrogens with one attached hydrogen (secondary N) is 1. The molecule has 4 aliphatic rings. The van der Waals surface area contributed by atoms with Crippen molar-refractivity contribution in [1.29, 1.82) is 0 Å². The van der Waals surface area contributed by atoms with Crippen molar-refractivity contribution in [2.45, 2.75) is 50.5 Å². The predicted octanol–water partition coefficient (Wildman–Crippen LogP) is 2.36. The van der Waals surface area contributed by atoms with Gasteiger partial charge in [-0.15, -0.1) is 6.42 Å². The van der Waals surface area contributed by atoms with Gasteiger partial charge in [-0.05, 0) is 68.4 Å². The highest BCUT2D eigenvalue weighted by molar-refractivity contribution is 5.94. The van der Waals surface area contributed by atoms with Crippen molar-refractivity contribution in [2.75, 3.05) is 13.1 Å². The van der Waals surface area contributed by atoms with Gasteiger partial charge in [0.15, 0.2) is 0 Å². The molecular weight excluding hydrogens is 338 g/mol. The number of piperidine rings is 1. The second kappa shape index (κ2) is 5.82.